The Kier molecular flexibility index (Phi) is 3.67. The molecule has 18 heavy (non-hydrogen) atoms. The second kappa shape index (κ2) is 5.40. The Morgan fingerprint density at radius 2 is 2.17 bits per heavy atom. The molecule has 0 bridgehead atoms. The molecule has 0 unspecified atom stereocenters. The molecule has 4 nitrogen and oxygen atoms in total. The molecule has 0 saturated carbocycles. The van der Waals surface area contributed by atoms with Crippen molar-refractivity contribution < 1.29 is 13.9 Å². The highest BCUT2D eigenvalue weighted by atomic mass is 16.5. The number of amides is 1. The first kappa shape index (κ1) is 12.2. The minimum atomic E-state index is -0.227. The number of ether oxygens (including phenoxy) is 1. The van der Waals surface area contributed by atoms with E-state index in [1.807, 2.05) is 31.2 Å². The number of hydrogen-bond donors (Lipinski definition) is 1. The van der Waals surface area contributed by atoms with E-state index in [-0.39, 0.29) is 11.9 Å². The Labute approximate surface area is 106 Å². The number of methoxy groups -OCH3 is 1. The molecule has 1 N–H and O–H groups in total. The maximum absolute atomic E-state index is 11.8. The molecular formula is C14H15NO3. The van der Waals surface area contributed by atoms with Crippen molar-refractivity contribution in [3.05, 3.63) is 54.0 Å². The minimum absolute atomic E-state index is 0.113. The summed E-state index contributed by atoms with van der Waals surface area (Å²) in [6, 6.07) is 10.8. The smallest absolute Gasteiger partial charge is 0.287 e. The fourth-order valence-electron chi connectivity index (χ4n) is 1.67. The molecule has 2 aromatic rings. The summed E-state index contributed by atoms with van der Waals surface area (Å²) in [5, 5.41) is 2.86. The van der Waals surface area contributed by atoms with E-state index < -0.39 is 0 Å². The minimum Gasteiger partial charge on any atom is -0.497 e. The van der Waals surface area contributed by atoms with Crippen molar-refractivity contribution in [3.63, 3.8) is 0 Å². The number of rotatable bonds is 4. The lowest BCUT2D eigenvalue weighted by molar-refractivity contribution is 0.0912. The van der Waals surface area contributed by atoms with Crippen molar-refractivity contribution in [2.75, 3.05) is 7.11 Å². The largest absolute Gasteiger partial charge is 0.497 e. The van der Waals surface area contributed by atoms with Gasteiger partial charge in [-0.1, -0.05) is 12.1 Å². The van der Waals surface area contributed by atoms with Crippen LogP contribution in [0.1, 0.15) is 29.1 Å². The highest BCUT2D eigenvalue weighted by Gasteiger charge is 2.13. The van der Waals surface area contributed by atoms with Crippen LogP contribution in [0.3, 0.4) is 0 Å². The van der Waals surface area contributed by atoms with Gasteiger partial charge in [-0.25, -0.2) is 0 Å². The quantitative estimate of drug-likeness (QED) is 0.901. The van der Waals surface area contributed by atoms with Gasteiger partial charge in [-0.15, -0.1) is 0 Å². The molecule has 1 atom stereocenters. The Morgan fingerprint density at radius 3 is 2.83 bits per heavy atom. The maximum atomic E-state index is 11.8. The molecule has 1 amide bonds. The molecule has 0 saturated heterocycles. The molecular weight excluding hydrogens is 230 g/mol. The number of hydrogen-bond acceptors (Lipinski definition) is 3. The van der Waals surface area contributed by atoms with Crippen molar-refractivity contribution in [2.45, 2.75) is 13.0 Å². The van der Waals surface area contributed by atoms with E-state index in [9.17, 15) is 4.79 Å². The Bertz CT molecular complexity index is 520. The van der Waals surface area contributed by atoms with E-state index in [1.165, 1.54) is 6.26 Å². The first-order valence-corrected chi connectivity index (χ1v) is 5.69. The Balaban J connectivity index is 2.07. The zero-order valence-electron chi connectivity index (χ0n) is 10.3. The summed E-state index contributed by atoms with van der Waals surface area (Å²) < 4.78 is 10.2. The van der Waals surface area contributed by atoms with Crippen molar-refractivity contribution in [1.82, 2.24) is 5.32 Å². The van der Waals surface area contributed by atoms with Crippen LogP contribution in [0.25, 0.3) is 0 Å². The topological polar surface area (TPSA) is 51.5 Å². The van der Waals surface area contributed by atoms with E-state index >= 15 is 0 Å². The second-order valence-corrected chi connectivity index (χ2v) is 3.95. The van der Waals surface area contributed by atoms with Gasteiger partial charge in [0, 0.05) is 0 Å². The summed E-state index contributed by atoms with van der Waals surface area (Å²) >= 11 is 0. The van der Waals surface area contributed by atoms with Gasteiger partial charge in [0.15, 0.2) is 5.76 Å². The SMILES string of the molecule is COc1cccc([C@@H](C)NC(=O)c2ccco2)c1. The van der Waals surface area contributed by atoms with Gasteiger partial charge >= 0.3 is 0 Å². The summed E-state index contributed by atoms with van der Waals surface area (Å²) in [5.41, 5.74) is 0.981. The van der Waals surface area contributed by atoms with Crippen molar-refractivity contribution >= 4 is 5.91 Å². The van der Waals surface area contributed by atoms with Gasteiger partial charge in [-0.2, -0.15) is 0 Å². The van der Waals surface area contributed by atoms with Crippen molar-refractivity contribution in [3.8, 4) is 5.75 Å². The third-order valence-corrected chi connectivity index (χ3v) is 2.69. The van der Waals surface area contributed by atoms with Gasteiger partial charge in [-0.05, 0) is 36.8 Å². The zero-order chi connectivity index (χ0) is 13.0. The summed E-state index contributed by atoms with van der Waals surface area (Å²) in [4.78, 5) is 11.8. The van der Waals surface area contributed by atoms with E-state index in [0.717, 1.165) is 11.3 Å². The van der Waals surface area contributed by atoms with Gasteiger partial charge in [-0.3, -0.25) is 4.79 Å². The van der Waals surface area contributed by atoms with Gasteiger partial charge in [0.25, 0.3) is 5.91 Å². The predicted molar refractivity (Wildman–Crippen MR) is 67.6 cm³/mol. The summed E-state index contributed by atoms with van der Waals surface area (Å²) in [7, 11) is 1.62. The normalized spacial score (nSPS) is 11.9. The van der Waals surface area contributed by atoms with Crippen molar-refractivity contribution in [2.24, 2.45) is 0 Å². The third kappa shape index (κ3) is 2.71. The fraction of sp³-hybridized carbons (Fsp3) is 0.214. The van der Waals surface area contributed by atoms with Crippen LogP contribution in [0.4, 0.5) is 0 Å². The number of carbonyl (C=O) groups excluding carboxylic acids is 1. The number of furan rings is 1. The summed E-state index contributed by atoms with van der Waals surface area (Å²) in [5.74, 6) is 0.853. The predicted octanol–water partition coefficient (Wildman–Crippen LogP) is 2.78. The third-order valence-electron chi connectivity index (χ3n) is 2.69. The van der Waals surface area contributed by atoms with Crippen molar-refractivity contribution in [1.29, 1.82) is 0 Å². The fourth-order valence-corrected chi connectivity index (χ4v) is 1.67. The Hall–Kier alpha value is -2.23. The molecule has 1 heterocycles. The van der Waals surface area contributed by atoms with Crippen LogP contribution in [0.5, 0.6) is 5.75 Å². The van der Waals surface area contributed by atoms with E-state index in [1.54, 1.807) is 19.2 Å². The van der Waals surface area contributed by atoms with Gasteiger partial charge < -0.3 is 14.5 Å². The average Bonchev–Trinajstić information content (AvgIpc) is 2.92. The van der Waals surface area contributed by atoms with E-state index in [2.05, 4.69) is 5.32 Å². The maximum Gasteiger partial charge on any atom is 0.287 e. The van der Waals surface area contributed by atoms with Crippen LogP contribution in [0.15, 0.2) is 47.1 Å². The van der Waals surface area contributed by atoms with Crippen LogP contribution < -0.4 is 10.1 Å². The molecule has 94 valence electrons. The van der Waals surface area contributed by atoms with Gasteiger partial charge in [0.05, 0.1) is 19.4 Å². The standard InChI is InChI=1S/C14H15NO3/c1-10(11-5-3-6-12(9-11)17-2)15-14(16)13-7-4-8-18-13/h3-10H,1-2H3,(H,15,16)/t10-/m1/s1. The molecule has 0 fully saturated rings. The average molecular weight is 245 g/mol. The van der Waals surface area contributed by atoms with Crippen LogP contribution in [0, 0.1) is 0 Å². The van der Waals surface area contributed by atoms with Gasteiger partial charge in [0.1, 0.15) is 5.75 Å². The van der Waals surface area contributed by atoms with E-state index in [4.69, 9.17) is 9.15 Å². The second-order valence-electron chi connectivity index (χ2n) is 3.95. The van der Waals surface area contributed by atoms with Crippen LogP contribution in [-0.4, -0.2) is 13.0 Å². The van der Waals surface area contributed by atoms with Gasteiger partial charge in [0.2, 0.25) is 0 Å². The molecule has 4 heteroatoms. The lowest BCUT2D eigenvalue weighted by Crippen LogP contribution is -2.26. The van der Waals surface area contributed by atoms with Crippen LogP contribution in [-0.2, 0) is 0 Å². The first-order valence-electron chi connectivity index (χ1n) is 5.69. The lowest BCUT2D eigenvalue weighted by atomic mass is 10.1. The molecule has 2 rings (SSSR count). The first-order chi connectivity index (χ1) is 8.70. The molecule has 0 aliphatic carbocycles. The highest BCUT2D eigenvalue weighted by Crippen LogP contribution is 2.19. The highest BCUT2D eigenvalue weighted by molar-refractivity contribution is 5.91. The number of benzene rings is 1. The number of nitrogens with one attached hydrogen (secondary N) is 1. The lowest BCUT2D eigenvalue weighted by Gasteiger charge is -2.14. The Morgan fingerprint density at radius 1 is 1.33 bits per heavy atom. The monoisotopic (exact) mass is 245 g/mol. The summed E-state index contributed by atoms with van der Waals surface area (Å²) in [6.45, 7) is 1.91. The molecule has 0 spiro atoms. The van der Waals surface area contributed by atoms with Crippen LogP contribution >= 0.6 is 0 Å². The van der Waals surface area contributed by atoms with Crippen LogP contribution in [0.2, 0.25) is 0 Å². The molecule has 1 aromatic heterocycles. The number of carbonyl (C=O) groups is 1. The zero-order valence-corrected chi connectivity index (χ0v) is 10.3. The molecule has 0 radical (unpaired) electrons. The molecule has 0 aliphatic heterocycles. The van der Waals surface area contributed by atoms with E-state index in [0.29, 0.717) is 5.76 Å². The molecule has 1 aromatic carbocycles. The summed E-state index contributed by atoms with van der Waals surface area (Å²) in [6.07, 6.45) is 1.48. The molecule has 0 aliphatic rings.